The zero-order valence-corrected chi connectivity index (χ0v) is 16.8. The Labute approximate surface area is 171 Å². The summed E-state index contributed by atoms with van der Waals surface area (Å²) in [4.78, 5) is 28.8. The summed E-state index contributed by atoms with van der Waals surface area (Å²) in [5.74, 6) is 0.957. The molecule has 30 heavy (non-hydrogen) atoms. The van der Waals surface area contributed by atoms with Gasteiger partial charge < -0.3 is 9.80 Å². The third-order valence-electron chi connectivity index (χ3n) is 5.31. The number of carbonyl (C=O) groups excluding carboxylic acids is 1. The van der Waals surface area contributed by atoms with Gasteiger partial charge in [-0.05, 0) is 32.0 Å². The number of nitrogens with zero attached hydrogens (tertiary/aromatic N) is 6. The topological polar surface area (TPSA) is 66.6 Å². The molecule has 1 fully saturated rings. The lowest BCUT2D eigenvalue weighted by Gasteiger charge is -2.47. The van der Waals surface area contributed by atoms with Crippen LogP contribution in [0, 0.1) is 0 Å². The second-order valence-electron chi connectivity index (χ2n) is 7.93. The fraction of sp³-hybridized carbons (Fsp3) is 0.400. The van der Waals surface area contributed by atoms with Gasteiger partial charge in [-0.3, -0.25) is 9.20 Å². The van der Waals surface area contributed by atoms with Gasteiger partial charge in [-0.2, -0.15) is 13.2 Å². The van der Waals surface area contributed by atoms with Gasteiger partial charge in [0.05, 0.1) is 17.3 Å². The van der Waals surface area contributed by atoms with E-state index in [4.69, 9.17) is 0 Å². The lowest BCUT2D eigenvalue weighted by molar-refractivity contribution is -0.138. The molecule has 0 aromatic carbocycles. The molecule has 0 radical (unpaired) electrons. The second-order valence-corrected chi connectivity index (χ2v) is 7.93. The zero-order valence-electron chi connectivity index (χ0n) is 16.8. The number of halogens is 3. The maximum absolute atomic E-state index is 13.1. The average molecular weight is 418 g/mol. The molecule has 0 atom stereocenters. The van der Waals surface area contributed by atoms with Crippen molar-refractivity contribution in [2.45, 2.75) is 32.5 Å². The van der Waals surface area contributed by atoms with Crippen LogP contribution in [0.15, 0.2) is 36.8 Å². The Hall–Kier alpha value is -3.17. The molecule has 1 aliphatic rings. The van der Waals surface area contributed by atoms with Crippen LogP contribution < -0.4 is 4.90 Å². The Kier molecular flexibility index (Phi) is 4.67. The number of pyridine rings is 1. The number of aromatic nitrogens is 4. The number of carbonyl (C=O) groups is 1. The summed E-state index contributed by atoms with van der Waals surface area (Å²) in [5, 5.41) is 0. The summed E-state index contributed by atoms with van der Waals surface area (Å²) < 4.78 is 40.7. The minimum atomic E-state index is -4.46. The van der Waals surface area contributed by atoms with Gasteiger partial charge in [0, 0.05) is 39.0 Å². The largest absolute Gasteiger partial charge is 0.417 e. The van der Waals surface area contributed by atoms with Crippen LogP contribution in [0.1, 0.15) is 26.3 Å². The summed E-state index contributed by atoms with van der Waals surface area (Å²) in [7, 11) is 0. The van der Waals surface area contributed by atoms with Crippen LogP contribution in [0.4, 0.5) is 19.0 Å². The number of rotatable bonds is 2. The molecule has 1 saturated heterocycles. The molecule has 1 amide bonds. The van der Waals surface area contributed by atoms with Gasteiger partial charge in [0.1, 0.15) is 17.2 Å². The van der Waals surface area contributed by atoms with E-state index in [2.05, 4.69) is 19.9 Å². The Morgan fingerprint density at radius 1 is 1.13 bits per heavy atom. The SMILES string of the molecule is CC(=O)N1CCN(c2ccnc(-c3cnc4ccc(C(F)(F)F)cn34)n2)CC1(C)C. The second kappa shape index (κ2) is 6.96. The number of amides is 1. The molecule has 10 heteroatoms. The minimum absolute atomic E-state index is 0.0224. The number of hydrogen-bond acceptors (Lipinski definition) is 5. The Morgan fingerprint density at radius 2 is 1.90 bits per heavy atom. The summed E-state index contributed by atoms with van der Waals surface area (Å²) in [6, 6.07) is 4.08. The van der Waals surface area contributed by atoms with Crippen molar-refractivity contribution in [1.82, 2.24) is 24.3 Å². The predicted octanol–water partition coefficient (Wildman–Crippen LogP) is 3.26. The molecule has 4 heterocycles. The van der Waals surface area contributed by atoms with Crippen molar-refractivity contribution in [1.29, 1.82) is 0 Å². The van der Waals surface area contributed by atoms with Crippen LogP contribution in [0.2, 0.25) is 0 Å². The molecule has 7 nitrogen and oxygen atoms in total. The number of imidazole rings is 1. The van der Waals surface area contributed by atoms with Crippen LogP contribution in [-0.2, 0) is 11.0 Å². The van der Waals surface area contributed by atoms with Gasteiger partial charge in [-0.15, -0.1) is 0 Å². The number of hydrogen-bond donors (Lipinski definition) is 0. The van der Waals surface area contributed by atoms with E-state index in [1.807, 2.05) is 18.7 Å². The summed E-state index contributed by atoms with van der Waals surface area (Å²) >= 11 is 0. The molecule has 0 unspecified atom stereocenters. The molecule has 3 aromatic heterocycles. The van der Waals surface area contributed by atoms with Gasteiger partial charge >= 0.3 is 6.18 Å². The molecule has 158 valence electrons. The monoisotopic (exact) mass is 418 g/mol. The van der Waals surface area contributed by atoms with Crippen molar-refractivity contribution in [2.75, 3.05) is 24.5 Å². The number of anilines is 1. The molecule has 1 aliphatic heterocycles. The summed E-state index contributed by atoms with van der Waals surface area (Å²) in [6.07, 6.45) is -0.413. The van der Waals surface area contributed by atoms with Gasteiger partial charge in [0.15, 0.2) is 5.82 Å². The summed E-state index contributed by atoms with van der Waals surface area (Å²) in [5.41, 5.74) is -0.393. The van der Waals surface area contributed by atoms with E-state index in [1.54, 1.807) is 19.2 Å². The molecule has 0 N–H and O–H groups in total. The van der Waals surface area contributed by atoms with Gasteiger partial charge in [-0.25, -0.2) is 15.0 Å². The van der Waals surface area contributed by atoms with Crippen molar-refractivity contribution in [3.05, 3.63) is 42.4 Å². The first-order valence-electron chi connectivity index (χ1n) is 9.47. The third-order valence-corrected chi connectivity index (χ3v) is 5.31. The van der Waals surface area contributed by atoms with E-state index < -0.39 is 11.7 Å². The number of piperazine rings is 1. The normalized spacial score (nSPS) is 16.9. The van der Waals surface area contributed by atoms with Crippen molar-refractivity contribution >= 4 is 17.4 Å². The first-order valence-corrected chi connectivity index (χ1v) is 9.47. The third kappa shape index (κ3) is 3.57. The average Bonchev–Trinajstić information content (AvgIpc) is 3.09. The lowest BCUT2D eigenvalue weighted by atomic mass is 9.98. The zero-order chi connectivity index (χ0) is 21.7. The molecular weight excluding hydrogens is 397 g/mol. The maximum Gasteiger partial charge on any atom is 0.417 e. The highest BCUT2D eigenvalue weighted by Gasteiger charge is 2.36. The van der Waals surface area contributed by atoms with Crippen molar-refractivity contribution in [3.63, 3.8) is 0 Å². The number of alkyl halides is 3. The van der Waals surface area contributed by atoms with Gasteiger partial charge in [0.25, 0.3) is 0 Å². The molecule has 3 aromatic rings. The summed E-state index contributed by atoms with van der Waals surface area (Å²) in [6.45, 7) is 7.28. The quantitative estimate of drug-likeness (QED) is 0.639. The highest BCUT2D eigenvalue weighted by atomic mass is 19.4. The van der Waals surface area contributed by atoms with E-state index in [9.17, 15) is 18.0 Å². The highest BCUT2D eigenvalue weighted by Crippen LogP contribution is 2.31. The molecule has 0 bridgehead atoms. The molecule has 0 saturated carbocycles. The van der Waals surface area contributed by atoms with Crippen molar-refractivity contribution in [3.8, 4) is 11.5 Å². The maximum atomic E-state index is 13.1. The van der Waals surface area contributed by atoms with Crippen LogP contribution in [0.25, 0.3) is 17.2 Å². The van der Waals surface area contributed by atoms with Crippen molar-refractivity contribution < 1.29 is 18.0 Å². The first kappa shape index (κ1) is 20.1. The van der Waals surface area contributed by atoms with Crippen LogP contribution >= 0.6 is 0 Å². The standard InChI is InChI=1S/C20H21F3N6O/c1-13(30)29-9-8-27(12-19(29,2)3)17-6-7-24-18(26-17)15-10-25-16-5-4-14(11-28(15)16)20(21,22)23/h4-7,10-11H,8-9,12H2,1-3H3. The Bertz CT molecular complexity index is 1110. The molecule has 0 aliphatic carbocycles. The molecular formula is C20H21F3N6O. The van der Waals surface area contributed by atoms with Crippen LogP contribution in [-0.4, -0.2) is 55.3 Å². The van der Waals surface area contributed by atoms with Crippen LogP contribution in [0.3, 0.4) is 0 Å². The Morgan fingerprint density at radius 3 is 2.57 bits per heavy atom. The fourth-order valence-electron chi connectivity index (χ4n) is 3.90. The van der Waals surface area contributed by atoms with E-state index in [0.29, 0.717) is 36.8 Å². The van der Waals surface area contributed by atoms with Crippen LogP contribution in [0.5, 0.6) is 0 Å². The first-order chi connectivity index (χ1) is 14.1. The predicted molar refractivity (Wildman–Crippen MR) is 105 cm³/mol. The minimum Gasteiger partial charge on any atom is -0.352 e. The van der Waals surface area contributed by atoms with Gasteiger partial charge in [0.2, 0.25) is 5.91 Å². The van der Waals surface area contributed by atoms with E-state index in [0.717, 1.165) is 12.3 Å². The van der Waals surface area contributed by atoms with Gasteiger partial charge in [-0.1, -0.05) is 0 Å². The van der Waals surface area contributed by atoms with E-state index in [-0.39, 0.29) is 17.3 Å². The smallest absolute Gasteiger partial charge is 0.352 e. The number of fused-ring (bicyclic) bond motifs is 1. The van der Waals surface area contributed by atoms with E-state index >= 15 is 0 Å². The lowest BCUT2D eigenvalue weighted by Crippen LogP contribution is -2.60. The Balaban J connectivity index is 1.69. The highest BCUT2D eigenvalue weighted by molar-refractivity contribution is 5.74. The van der Waals surface area contributed by atoms with E-state index in [1.165, 1.54) is 16.7 Å². The van der Waals surface area contributed by atoms with Crippen molar-refractivity contribution in [2.24, 2.45) is 0 Å². The molecule has 0 spiro atoms. The fourth-order valence-corrected chi connectivity index (χ4v) is 3.90. The molecule has 4 rings (SSSR count).